The second-order valence-electron chi connectivity index (χ2n) is 9.13. The Labute approximate surface area is 220 Å². The molecule has 196 valence electrons. The Morgan fingerprint density at radius 2 is 1.72 bits per heavy atom. The molecule has 2 aromatic carbocycles. The molecule has 8 nitrogen and oxygen atoms in total. The third-order valence-corrected chi connectivity index (χ3v) is 6.36. The molecule has 2 aromatic rings. The first-order valence-electron chi connectivity index (χ1n) is 11.5. The number of ketones is 1. The predicted molar refractivity (Wildman–Crippen MR) is 140 cm³/mol. The van der Waals surface area contributed by atoms with Gasteiger partial charge in [0.1, 0.15) is 17.9 Å². The molecule has 0 aliphatic heterocycles. The summed E-state index contributed by atoms with van der Waals surface area (Å²) in [4.78, 5) is 26.3. The van der Waals surface area contributed by atoms with Gasteiger partial charge in [0.15, 0.2) is 11.5 Å². The molecule has 0 heterocycles. The summed E-state index contributed by atoms with van der Waals surface area (Å²) in [6, 6.07) is 10.1. The molecule has 2 rings (SSSR count). The number of nitrogens with zero attached hydrogens (tertiary/aromatic N) is 1. The molecular formula is C27H34BrNO7. The number of carbonyl (C=O) groups excluding carboxylic acids is 2. The zero-order valence-electron chi connectivity index (χ0n) is 21.8. The van der Waals surface area contributed by atoms with E-state index in [2.05, 4.69) is 15.9 Å². The second kappa shape index (κ2) is 12.8. The first-order valence-corrected chi connectivity index (χ1v) is 12.3. The zero-order chi connectivity index (χ0) is 27.0. The van der Waals surface area contributed by atoms with E-state index in [0.29, 0.717) is 16.0 Å². The van der Waals surface area contributed by atoms with Crippen molar-refractivity contribution in [3.8, 4) is 17.2 Å². The van der Waals surface area contributed by atoms with Gasteiger partial charge in [-0.2, -0.15) is 0 Å². The molecule has 0 amide bonds. The Hall–Kier alpha value is -3.04. The van der Waals surface area contributed by atoms with Crippen LogP contribution in [0.25, 0.3) is 0 Å². The largest absolute Gasteiger partial charge is 0.497 e. The molecule has 0 saturated carbocycles. The average Bonchev–Trinajstić information content (AvgIpc) is 2.85. The summed E-state index contributed by atoms with van der Waals surface area (Å²) < 4.78 is 22.0. The van der Waals surface area contributed by atoms with Crippen molar-refractivity contribution in [1.29, 1.82) is 0 Å². The van der Waals surface area contributed by atoms with Gasteiger partial charge in [0, 0.05) is 16.2 Å². The molecule has 0 unspecified atom stereocenters. The lowest BCUT2D eigenvalue weighted by molar-refractivity contribution is -0.139. The molecule has 0 aliphatic rings. The van der Waals surface area contributed by atoms with Crippen molar-refractivity contribution in [3.05, 3.63) is 63.8 Å². The molecule has 36 heavy (non-hydrogen) atoms. The van der Waals surface area contributed by atoms with Crippen LogP contribution in [0.15, 0.2) is 52.6 Å². The number of hydroxylamine groups is 2. The number of rotatable bonds is 11. The number of hydrogen-bond donors (Lipinski definition) is 1. The van der Waals surface area contributed by atoms with Crippen molar-refractivity contribution >= 4 is 27.7 Å². The number of hydrogen-bond acceptors (Lipinski definition) is 8. The lowest BCUT2D eigenvalue weighted by Crippen LogP contribution is -2.37. The second-order valence-corrected chi connectivity index (χ2v) is 9.99. The fourth-order valence-corrected chi connectivity index (χ4v) is 3.57. The van der Waals surface area contributed by atoms with Crippen LogP contribution in [0.3, 0.4) is 0 Å². The number of benzene rings is 2. The van der Waals surface area contributed by atoms with Crippen LogP contribution in [-0.4, -0.2) is 48.9 Å². The smallest absolute Gasteiger partial charge is 0.343 e. The monoisotopic (exact) mass is 563 g/mol. The maximum absolute atomic E-state index is 13.5. The van der Waals surface area contributed by atoms with Gasteiger partial charge in [-0.1, -0.05) is 32.9 Å². The van der Waals surface area contributed by atoms with E-state index in [9.17, 15) is 14.8 Å². The normalized spacial score (nSPS) is 12.5. The van der Waals surface area contributed by atoms with Gasteiger partial charge >= 0.3 is 5.97 Å². The maximum atomic E-state index is 13.5. The van der Waals surface area contributed by atoms with Gasteiger partial charge in [-0.05, 0) is 65.0 Å². The summed E-state index contributed by atoms with van der Waals surface area (Å²) in [7, 11) is 3.08. The Balaban J connectivity index is 2.44. The van der Waals surface area contributed by atoms with E-state index in [-0.39, 0.29) is 29.8 Å². The molecule has 1 atom stereocenters. The van der Waals surface area contributed by atoms with E-state index in [0.717, 1.165) is 22.6 Å². The Morgan fingerprint density at radius 3 is 2.25 bits per heavy atom. The van der Waals surface area contributed by atoms with Crippen molar-refractivity contribution in [2.45, 2.75) is 47.3 Å². The van der Waals surface area contributed by atoms with Gasteiger partial charge in [-0.25, -0.2) is 4.79 Å². The molecule has 0 radical (unpaired) electrons. The number of Topliss-reactive ketones (excluding diaryl/α,β-unsaturated/α-hetero) is 1. The minimum absolute atomic E-state index is 0.0731. The quantitative estimate of drug-likeness (QED) is 0.0914. The van der Waals surface area contributed by atoms with Gasteiger partial charge in [-0.3, -0.25) is 15.1 Å². The lowest BCUT2D eigenvalue weighted by Gasteiger charge is -2.33. The van der Waals surface area contributed by atoms with Crippen LogP contribution in [0.4, 0.5) is 0 Å². The van der Waals surface area contributed by atoms with E-state index in [1.54, 1.807) is 27.0 Å². The van der Waals surface area contributed by atoms with Crippen molar-refractivity contribution in [3.63, 3.8) is 0 Å². The Morgan fingerprint density at radius 1 is 1.08 bits per heavy atom. The van der Waals surface area contributed by atoms with E-state index in [1.165, 1.54) is 13.2 Å². The van der Waals surface area contributed by atoms with Crippen molar-refractivity contribution in [1.82, 2.24) is 5.06 Å². The molecule has 9 heteroatoms. The van der Waals surface area contributed by atoms with Gasteiger partial charge in [-0.15, -0.1) is 0 Å². The number of halogens is 1. The summed E-state index contributed by atoms with van der Waals surface area (Å²) in [6.45, 7) is 9.53. The number of ether oxygens (including phenoxy) is 4. The van der Waals surface area contributed by atoms with Crippen LogP contribution >= 0.6 is 15.9 Å². The highest BCUT2D eigenvalue weighted by molar-refractivity contribution is 9.10. The highest BCUT2D eigenvalue weighted by Gasteiger charge is 2.29. The summed E-state index contributed by atoms with van der Waals surface area (Å²) in [5.74, 6) is -0.0425. The average molecular weight is 564 g/mol. The van der Waals surface area contributed by atoms with Gasteiger partial charge in [0.25, 0.3) is 0 Å². The first kappa shape index (κ1) is 29.2. The van der Waals surface area contributed by atoms with Gasteiger partial charge in [0.05, 0.1) is 26.9 Å². The fourth-order valence-electron chi connectivity index (χ4n) is 3.06. The molecular weight excluding hydrogens is 530 g/mol. The first-order chi connectivity index (χ1) is 16.9. The van der Waals surface area contributed by atoms with Gasteiger partial charge in [0.2, 0.25) is 5.78 Å². The third-order valence-electron chi connectivity index (χ3n) is 5.70. The Bertz CT molecular complexity index is 1090. The minimum atomic E-state index is -0.842. The molecule has 0 aromatic heterocycles. The molecule has 0 fully saturated rings. The lowest BCUT2D eigenvalue weighted by atomic mass is 9.88. The standard InChI is InChI=1S/C27H34BrNO7/c1-8-35-26(31)21(15-29(32)17(2)27(3,4)5)25(30)20-13-24(23(34-7)14-22(20)28)36-16-18-9-11-19(33-6)12-10-18/h9-15,17,32H,8,16H2,1-7H3/t17-/m0/s1. The van der Waals surface area contributed by atoms with Crippen LogP contribution in [-0.2, 0) is 16.1 Å². The van der Waals surface area contributed by atoms with Crippen molar-refractivity contribution < 1.29 is 33.7 Å². The van der Waals surface area contributed by atoms with Crippen LogP contribution < -0.4 is 14.2 Å². The van der Waals surface area contributed by atoms with Crippen LogP contribution in [0.2, 0.25) is 0 Å². The van der Waals surface area contributed by atoms with E-state index in [4.69, 9.17) is 18.9 Å². The summed E-state index contributed by atoms with van der Waals surface area (Å²) >= 11 is 3.39. The summed E-state index contributed by atoms with van der Waals surface area (Å²) in [6.07, 6.45) is 1.12. The minimum Gasteiger partial charge on any atom is -0.497 e. The zero-order valence-corrected chi connectivity index (χ0v) is 23.3. The van der Waals surface area contributed by atoms with Gasteiger partial charge < -0.3 is 18.9 Å². The van der Waals surface area contributed by atoms with Crippen LogP contribution in [0.5, 0.6) is 17.2 Å². The van der Waals surface area contributed by atoms with Crippen LogP contribution in [0, 0.1) is 5.41 Å². The molecule has 1 N–H and O–H groups in total. The van der Waals surface area contributed by atoms with E-state index in [1.807, 2.05) is 45.0 Å². The SMILES string of the molecule is CCOC(=O)C(=CN(O)[C@@H](C)C(C)(C)C)C(=O)c1cc(OCc2ccc(OC)cc2)c(OC)cc1Br. The summed E-state index contributed by atoms with van der Waals surface area (Å²) in [5.41, 5.74) is 0.393. The Kier molecular flexibility index (Phi) is 10.4. The maximum Gasteiger partial charge on any atom is 0.343 e. The highest BCUT2D eigenvalue weighted by atomic mass is 79.9. The molecule has 0 aliphatic carbocycles. The van der Waals surface area contributed by atoms with Crippen LogP contribution in [0.1, 0.15) is 50.5 Å². The summed E-state index contributed by atoms with van der Waals surface area (Å²) in [5, 5.41) is 11.5. The highest BCUT2D eigenvalue weighted by Crippen LogP contribution is 2.35. The predicted octanol–water partition coefficient (Wildman–Crippen LogP) is 5.80. The molecule has 0 bridgehead atoms. The topological polar surface area (TPSA) is 94.5 Å². The number of esters is 1. The molecule has 0 spiro atoms. The van der Waals surface area contributed by atoms with E-state index < -0.39 is 17.8 Å². The number of methoxy groups -OCH3 is 2. The number of carbonyl (C=O) groups is 2. The van der Waals surface area contributed by atoms with Crippen molar-refractivity contribution in [2.75, 3.05) is 20.8 Å². The third kappa shape index (κ3) is 7.48. The fraction of sp³-hybridized carbons (Fsp3) is 0.407. The van der Waals surface area contributed by atoms with Crippen molar-refractivity contribution in [2.24, 2.45) is 5.41 Å². The van der Waals surface area contributed by atoms with E-state index >= 15 is 0 Å². The molecule has 0 saturated heterocycles.